The zero-order valence-electron chi connectivity index (χ0n) is 6.59. The molecular weight excluding hydrogens is 156 g/mol. The summed E-state index contributed by atoms with van der Waals surface area (Å²) in [5.41, 5.74) is 1.33. The number of nitrogens with one attached hydrogen (secondary N) is 2. The highest BCUT2D eigenvalue weighted by atomic mass is 16.2. The minimum absolute atomic E-state index is 0.102. The van der Waals surface area contributed by atoms with Gasteiger partial charge in [0.1, 0.15) is 17.7 Å². The summed E-state index contributed by atoms with van der Waals surface area (Å²) < 4.78 is 0. The average Bonchev–Trinajstić information content (AvgIpc) is 2.48. The molecule has 5 nitrogen and oxygen atoms in total. The number of fused-ring (bicyclic) bond motifs is 1. The van der Waals surface area contributed by atoms with E-state index in [1.165, 1.54) is 6.33 Å². The molecule has 1 aromatic rings. The molecule has 0 spiro atoms. The van der Waals surface area contributed by atoms with Gasteiger partial charge < -0.3 is 10.6 Å². The van der Waals surface area contributed by atoms with E-state index in [-0.39, 0.29) is 5.91 Å². The molecule has 1 aliphatic heterocycles. The maximum absolute atomic E-state index is 11.2. The lowest BCUT2D eigenvalue weighted by Crippen LogP contribution is -2.13. The molecule has 2 rings (SSSR count). The molecule has 12 heavy (non-hydrogen) atoms. The quantitative estimate of drug-likeness (QED) is 0.601. The molecule has 2 N–H and O–H groups in total. The molecule has 5 heteroatoms. The van der Waals surface area contributed by atoms with Gasteiger partial charge in [-0.05, 0) is 0 Å². The third-order valence-electron chi connectivity index (χ3n) is 1.81. The first-order chi connectivity index (χ1) is 5.83. The second kappa shape index (κ2) is 2.44. The lowest BCUT2D eigenvalue weighted by Gasteiger charge is -2.01. The van der Waals surface area contributed by atoms with Crippen LogP contribution in [0.25, 0.3) is 0 Å². The Morgan fingerprint density at radius 3 is 3.17 bits per heavy atom. The minimum atomic E-state index is -0.102. The Balaban J connectivity index is 2.60. The number of hydrogen-bond acceptors (Lipinski definition) is 4. The second-order valence-electron chi connectivity index (χ2n) is 2.48. The van der Waals surface area contributed by atoms with Crippen LogP contribution in [0.15, 0.2) is 6.33 Å². The predicted molar refractivity (Wildman–Crippen MR) is 42.7 cm³/mol. The summed E-state index contributed by atoms with van der Waals surface area (Å²) in [6.45, 7) is 0.505. The molecule has 62 valence electrons. The van der Waals surface area contributed by atoms with Crippen molar-refractivity contribution in [2.45, 2.75) is 6.54 Å². The summed E-state index contributed by atoms with van der Waals surface area (Å²) in [6.07, 6.45) is 1.45. The van der Waals surface area contributed by atoms with Crippen molar-refractivity contribution in [1.82, 2.24) is 15.3 Å². The van der Waals surface area contributed by atoms with Crippen molar-refractivity contribution < 1.29 is 4.79 Å². The van der Waals surface area contributed by atoms with Gasteiger partial charge in [-0.3, -0.25) is 4.79 Å². The standard InChI is InChI=1S/C7H8N4O/c1-8-6-5-4(10-3-11-6)2-9-7(5)12/h3H,2H2,1H3,(H,9,12)(H,8,10,11). The Morgan fingerprint density at radius 1 is 1.58 bits per heavy atom. The van der Waals surface area contributed by atoms with Crippen LogP contribution in [0.4, 0.5) is 5.82 Å². The molecule has 0 bridgehead atoms. The Morgan fingerprint density at radius 2 is 2.42 bits per heavy atom. The van der Waals surface area contributed by atoms with Crippen LogP contribution in [-0.2, 0) is 6.54 Å². The van der Waals surface area contributed by atoms with Crippen LogP contribution in [0.1, 0.15) is 16.1 Å². The highest BCUT2D eigenvalue weighted by Crippen LogP contribution is 2.18. The van der Waals surface area contributed by atoms with E-state index in [4.69, 9.17) is 0 Å². The molecule has 1 amide bonds. The molecule has 0 aromatic carbocycles. The van der Waals surface area contributed by atoms with E-state index in [1.54, 1.807) is 7.05 Å². The number of carbonyl (C=O) groups excluding carboxylic acids is 1. The van der Waals surface area contributed by atoms with E-state index in [2.05, 4.69) is 20.6 Å². The van der Waals surface area contributed by atoms with Gasteiger partial charge in [-0.1, -0.05) is 0 Å². The molecule has 0 atom stereocenters. The lowest BCUT2D eigenvalue weighted by molar-refractivity contribution is 0.0966. The van der Waals surface area contributed by atoms with Gasteiger partial charge in [-0.25, -0.2) is 9.97 Å². The fourth-order valence-electron chi connectivity index (χ4n) is 1.24. The first-order valence-corrected chi connectivity index (χ1v) is 3.62. The van der Waals surface area contributed by atoms with E-state index < -0.39 is 0 Å². The topological polar surface area (TPSA) is 66.9 Å². The van der Waals surface area contributed by atoms with E-state index in [0.717, 1.165) is 5.69 Å². The number of aromatic nitrogens is 2. The van der Waals surface area contributed by atoms with Crippen LogP contribution >= 0.6 is 0 Å². The molecular formula is C7H8N4O. The molecule has 0 saturated heterocycles. The summed E-state index contributed by atoms with van der Waals surface area (Å²) >= 11 is 0. The van der Waals surface area contributed by atoms with E-state index in [0.29, 0.717) is 17.9 Å². The minimum Gasteiger partial charge on any atom is -0.372 e. The van der Waals surface area contributed by atoms with Crippen LogP contribution in [0, 0.1) is 0 Å². The summed E-state index contributed by atoms with van der Waals surface area (Å²) in [6, 6.07) is 0. The number of rotatable bonds is 1. The van der Waals surface area contributed by atoms with Crippen LogP contribution in [0.5, 0.6) is 0 Å². The summed E-state index contributed by atoms with van der Waals surface area (Å²) in [4.78, 5) is 19.1. The Hall–Kier alpha value is -1.65. The first kappa shape index (κ1) is 7.02. The molecule has 0 unspecified atom stereocenters. The number of nitrogens with zero attached hydrogens (tertiary/aromatic N) is 2. The molecule has 1 aromatic heterocycles. The van der Waals surface area contributed by atoms with Crippen molar-refractivity contribution in [2.24, 2.45) is 0 Å². The van der Waals surface area contributed by atoms with Crippen LogP contribution in [-0.4, -0.2) is 22.9 Å². The van der Waals surface area contributed by atoms with Gasteiger partial charge in [-0.2, -0.15) is 0 Å². The molecule has 1 aliphatic rings. The molecule has 0 radical (unpaired) electrons. The highest BCUT2D eigenvalue weighted by Gasteiger charge is 2.23. The Bertz CT molecular complexity index is 336. The van der Waals surface area contributed by atoms with Gasteiger partial charge in [0.2, 0.25) is 0 Å². The van der Waals surface area contributed by atoms with E-state index in [1.807, 2.05) is 0 Å². The van der Waals surface area contributed by atoms with Crippen molar-refractivity contribution in [1.29, 1.82) is 0 Å². The van der Waals surface area contributed by atoms with Crippen LogP contribution in [0.2, 0.25) is 0 Å². The van der Waals surface area contributed by atoms with Gasteiger partial charge in [0.25, 0.3) is 5.91 Å². The van der Waals surface area contributed by atoms with Crippen molar-refractivity contribution in [2.75, 3.05) is 12.4 Å². The van der Waals surface area contributed by atoms with E-state index >= 15 is 0 Å². The number of hydrogen-bond donors (Lipinski definition) is 2. The maximum atomic E-state index is 11.2. The normalized spacial score (nSPS) is 13.9. The largest absolute Gasteiger partial charge is 0.372 e. The van der Waals surface area contributed by atoms with Crippen molar-refractivity contribution in [3.05, 3.63) is 17.6 Å². The van der Waals surface area contributed by atoms with Crippen molar-refractivity contribution >= 4 is 11.7 Å². The molecule has 0 fully saturated rings. The van der Waals surface area contributed by atoms with Crippen LogP contribution < -0.4 is 10.6 Å². The van der Waals surface area contributed by atoms with Gasteiger partial charge in [0, 0.05) is 7.05 Å². The molecule has 0 saturated carbocycles. The fraction of sp³-hybridized carbons (Fsp3) is 0.286. The third-order valence-corrected chi connectivity index (χ3v) is 1.81. The summed E-state index contributed by atoms with van der Waals surface area (Å²) in [5.74, 6) is 0.491. The second-order valence-corrected chi connectivity index (χ2v) is 2.48. The van der Waals surface area contributed by atoms with Gasteiger partial charge >= 0.3 is 0 Å². The number of amides is 1. The fourth-order valence-corrected chi connectivity index (χ4v) is 1.24. The zero-order valence-corrected chi connectivity index (χ0v) is 6.59. The zero-order chi connectivity index (χ0) is 8.55. The lowest BCUT2D eigenvalue weighted by atomic mass is 10.2. The third kappa shape index (κ3) is 0.827. The SMILES string of the molecule is CNc1ncnc2c1C(=O)NC2. The first-order valence-electron chi connectivity index (χ1n) is 3.62. The predicted octanol–water partition coefficient (Wildman–Crippen LogP) is -0.238. The highest BCUT2D eigenvalue weighted by molar-refractivity contribution is 6.01. The smallest absolute Gasteiger partial charge is 0.257 e. The van der Waals surface area contributed by atoms with Gasteiger partial charge in [0.05, 0.1) is 12.2 Å². The average molecular weight is 164 g/mol. The monoisotopic (exact) mass is 164 g/mol. The van der Waals surface area contributed by atoms with Crippen molar-refractivity contribution in [3.63, 3.8) is 0 Å². The van der Waals surface area contributed by atoms with Crippen LogP contribution in [0.3, 0.4) is 0 Å². The maximum Gasteiger partial charge on any atom is 0.257 e. The van der Waals surface area contributed by atoms with E-state index in [9.17, 15) is 4.79 Å². The number of carbonyl (C=O) groups is 1. The number of anilines is 1. The molecule has 0 aliphatic carbocycles. The Kier molecular flexibility index (Phi) is 1.43. The van der Waals surface area contributed by atoms with Crippen molar-refractivity contribution in [3.8, 4) is 0 Å². The summed E-state index contributed by atoms with van der Waals surface area (Å²) in [5, 5.41) is 5.52. The molecule has 2 heterocycles. The van der Waals surface area contributed by atoms with Gasteiger partial charge in [0.15, 0.2) is 0 Å². The van der Waals surface area contributed by atoms with Gasteiger partial charge in [-0.15, -0.1) is 0 Å². The Labute approximate surface area is 69.2 Å². The summed E-state index contributed by atoms with van der Waals surface area (Å²) in [7, 11) is 1.73.